The van der Waals surface area contributed by atoms with Gasteiger partial charge in [-0.25, -0.2) is 0 Å². The van der Waals surface area contributed by atoms with Crippen molar-refractivity contribution in [3.05, 3.63) is 41.5 Å². The molecule has 0 aliphatic rings. The summed E-state index contributed by atoms with van der Waals surface area (Å²) in [5.41, 5.74) is 1.42. The van der Waals surface area contributed by atoms with E-state index in [9.17, 15) is 14.4 Å². The third-order valence-electron chi connectivity index (χ3n) is 2.77. The Kier molecular flexibility index (Phi) is 6.16. The lowest BCUT2D eigenvalue weighted by Gasteiger charge is -2.14. The summed E-state index contributed by atoms with van der Waals surface area (Å²) in [6.45, 7) is 2.56. The predicted molar refractivity (Wildman–Crippen MR) is 77.2 cm³/mol. The van der Waals surface area contributed by atoms with Crippen LogP contribution in [0.25, 0.3) is 6.08 Å². The van der Waals surface area contributed by atoms with Gasteiger partial charge in [0, 0.05) is 25.2 Å². The van der Waals surface area contributed by atoms with Crippen LogP contribution in [0.5, 0.6) is 0 Å². The lowest BCUT2D eigenvalue weighted by molar-refractivity contribution is -0.118. The van der Waals surface area contributed by atoms with E-state index in [4.69, 9.17) is 0 Å². The molecular formula is C15H18N2O3. The van der Waals surface area contributed by atoms with E-state index >= 15 is 0 Å². The van der Waals surface area contributed by atoms with Crippen molar-refractivity contribution < 1.29 is 14.4 Å². The monoisotopic (exact) mass is 274 g/mol. The first-order valence-electron chi connectivity index (χ1n) is 6.33. The zero-order valence-corrected chi connectivity index (χ0v) is 11.6. The van der Waals surface area contributed by atoms with Crippen LogP contribution in [0.2, 0.25) is 0 Å². The summed E-state index contributed by atoms with van der Waals surface area (Å²) in [5, 5.41) is 2.40. The van der Waals surface area contributed by atoms with Gasteiger partial charge in [-0.1, -0.05) is 12.1 Å². The first-order chi connectivity index (χ1) is 9.58. The summed E-state index contributed by atoms with van der Waals surface area (Å²) in [4.78, 5) is 34.9. The predicted octanol–water partition coefficient (Wildman–Crippen LogP) is 1.11. The first-order valence-corrected chi connectivity index (χ1v) is 6.33. The number of carbonyl (C=O) groups is 3. The SMILES string of the molecule is CCN(C)C(=O)c1ccc(C=CC(=O)NCC=O)cc1. The van der Waals surface area contributed by atoms with Gasteiger partial charge in [-0.3, -0.25) is 9.59 Å². The highest BCUT2D eigenvalue weighted by molar-refractivity contribution is 5.95. The van der Waals surface area contributed by atoms with Crippen molar-refractivity contribution in [1.82, 2.24) is 10.2 Å². The number of carbonyl (C=O) groups excluding carboxylic acids is 3. The molecule has 0 aliphatic heterocycles. The molecule has 0 spiro atoms. The zero-order chi connectivity index (χ0) is 15.0. The molecule has 0 heterocycles. The second kappa shape index (κ2) is 7.89. The fraction of sp³-hybridized carbons (Fsp3) is 0.267. The minimum atomic E-state index is -0.331. The van der Waals surface area contributed by atoms with Crippen LogP contribution in [-0.2, 0) is 9.59 Å². The smallest absolute Gasteiger partial charge is 0.253 e. The maximum atomic E-state index is 11.9. The molecule has 20 heavy (non-hydrogen) atoms. The Morgan fingerprint density at radius 3 is 2.45 bits per heavy atom. The molecule has 0 unspecified atom stereocenters. The number of hydrogen-bond acceptors (Lipinski definition) is 3. The van der Waals surface area contributed by atoms with E-state index in [-0.39, 0.29) is 18.4 Å². The number of benzene rings is 1. The molecule has 0 fully saturated rings. The Morgan fingerprint density at radius 1 is 1.25 bits per heavy atom. The van der Waals surface area contributed by atoms with Gasteiger partial charge >= 0.3 is 0 Å². The lowest BCUT2D eigenvalue weighted by atomic mass is 10.1. The average Bonchev–Trinajstić information content (AvgIpc) is 2.49. The Bertz CT molecular complexity index is 506. The normalized spacial score (nSPS) is 10.3. The van der Waals surface area contributed by atoms with E-state index in [0.29, 0.717) is 18.4 Å². The number of hydrogen-bond donors (Lipinski definition) is 1. The molecule has 1 aromatic rings. The van der Waals surface area contributed by atoms with Gasteiger partial charge in [-0.15, -0.1) is 0 Å². The zero-order valence-electron chi connectivity index (χ0n) is 11.6. The van der Waals surface area contributed by atoms with Gasteiger partial charge in [0.2, 0.25) is 5.91 Å². The van der Waals surface area contributed by atoms with Crippen LogP contribution in [0.15, 0.2) is 30.3 Å². The van der Waals surface area contributed by atoms with Gasteiger partial charge in [0.05, 0.1) is 6.54 Å². The van der Waals surface area contributed by atoms with Crippen LogP contribution in [0.4, 0.5) is 0 Å². The van der Waals surface area contributed by atoms with Gasteiger partial charge in [0.1, 0.15) is 6.29 Å². The number of nitrogens with zero attached hydrogens (tertiary/aromatic N) is 1. The molecule has 1 rings (SSSR count). The van der Waals surface area contributed by atoms with Crippen molar-refractivity contribution in [2.45, 2.75) is 6.92 Å². The summed E-state index contributed by atoms with van der Waals surface area (Å²) in [6, 6.07) is 6.97. The van der Waals surface area contributed by atoms with Crippen LogP contribution in [0.3, 0.4) is 0 Å². The van der Waals surface area contributed by atoms with Crippen LogP contribution >= 0.6 is 0 Å². The second-order valence-electron chi connectivity index (χ2n) is 4.19. The molecule has 106 valence electrons. The third-order valence-corrected chi connectivity index (χ3v) is 2.77. The largest absolute Gasteiger partial charge is 0.346 e. The van der Waals surface area contributed by atoms with Gasteiger partial charge < -0.3 is 15.0 Å². The van der Waals surface area contributed by atoms with E-state index in [2.05, 4.69) is 5.32 Å². The molecular weight excluding hydrogens is 256 g/mol. The van der Waals surface area contributed by atoms with Crippen molar-refractivity contribution in [2.75, 3.05) is 20.1 Å². The Labute approximate surface area is 118 Å². The molecule has 5 nitrogen and oxygen atoms in total. The summed E-state index contributed by atoms with van der Waals surface area (Å²) in [6.07, 6.45) is 3.59. The first kappa shape index (κ1) is 15.6. The fourth-order valence-corrected chi connectivity index (χ4v) is 1.47. The highest BCUT2D eigenvalue weighted by Crippen LogP contribution is 2.08. The second-order valence-corrected chi connectivity index (χ2v) is 4.19. The number of amides is 2. The van der Waals surface area contributed by atoms with Gasteiger partial charge in [-0.2, -0.15) is 0 Å². The van der Waals surface area contributed by atoms with E-state index in [1.165, 1.54) is 6.08 Å². The molecule has 1 aromatic carbocycles. The van der Waals surface area contributed by atoms with Crippen molar-refractivity contribution >= 4 is 24.2 Å². The van der Waals surface area contributed by atoms with Crippen LogP contribution in [-0.4, -0.2) is 43.1 Å². The molecule has 0 radical (unpaired) electrons. The average molecular weight is 274 g/mol. The highest BCUT2D eigenvalue weighted by atomic mass is 16.2. The van der Waals surface area contributed by atoms with Crippen molar-refractivity contribution in [2.24, 2.45) is 0 Å². The third kappa shape index (κ3) is 4.68. The van der Waals surface area contributed by atoms with Crippen LogP contribution in [0.1, 0.15) is 22.8 Å². The molecule has 5 heteroatoms. The van der Waals surface area contributed by atoms with E-state index in [1.54, 1.807) is 42.3 Å². The number of rotatable bonds is 6. The Hall–Kier alpha value is -2.43. The molecule has 0 atom stereocenters. The van der Waals surface area contributed by atoms with Crippen molar-refractivity contribution in [3.63, 3.8) is 0 Å². The molecule has 2 amide bonds. The molecule has 0 saturated carbocycles. The van der Waals surface area contributed by atoms with E-state index in [0.717, 1.165) is 5.56 Å². The molecule has 0 aromatic heterocycles. The van der Waals surface area contributed by atoms with Crippen LogP contribution in [0, 0.1) is 0 Å². The topological polar surface area (TPSA) is 66.5 Å². The van der Waals surface area contributed by atoms with Crippen LogP contribution < -0.4 is 5.32 Å². The summed E-state index contributed by atoms with van der Waals surface area (Å²) >= 11 is 0. The molecule has 1 N–H and O–H groups in total. The Balaban J connectivity index is 2.67. The maximum absolute atomic E-state index is 11.9. The van der Waals surface area contributed by atoms with Crippen molar-refractivity contribution in [1.29, 1.82) is 0 Å². The fourth-order valence-electron chi connectivity index (χ4n) is 1.47. The van der Waals surface area contributed by atoms with E-state index in [1.807, 2.05) is 6.92 Å². The van der Waals surface area contributed by atoms with Gasteiger partial charge in [0.15, 0.2) is 0 Å². The Morgan fingerprint density at radius 2 is 1.90 bits per heavy atom. The quantitative estimate of drug-likeness (QED) is 0.624. The maximum Gasteiger partial charge on any atom is 0.253 e. The van der Waals surface area contributed by atoms with Gasteiger partial charge in [-0.05, 0) is 30.7 Å². The highest BCUT2D eigenvalue weighted by Gasteiger charge is 2.08. The summed E-state index contributed by atoms with van der Waals surface area (Å²) in [5.74, 6) is -0.366. The molecule has 0 aliphatic carbocycles. The van der Waals surface area contributed by atoms with Gasteiger partial charge in [0.25, 0.3) is 5.91 Å². The van der Waals surface area contributed by atoms with E-state index < -0.39 is 0 Å². The number of nitrogens with one attached hydrogen (secondary N) is 1. The number of aldehydes is 1. The minimum Gasteiger partial charge on any atom is -0.346 e. The molecule has 0 saturated heterocycles. The minimum absolute atomic E-state index is 0.0000343. The van der Waals surface area contributed by atoms with Crippen molar-refractivity contribution in [3.8, 4) is 0 Å². The standard InChI is InChI=1S/C15H18N2O3/c1-3-17(2)15(20)13-7-4-12(5-8-13)6-9-14(19)16-10-11-18/h4-9,11H,3,10H2,1-2H3,(H,16,19). The summed E-state index contributed by atoms with van der Waals surface area (Å²) in [7, 11) is 1.74. The summed E-state index contributed by atoms with van der Waals surface area (Å²) < 4.78 is 0. The lowest BCUT2D eigenvalue weighted by Crippen LogP contribution is -2.26. The molecule has 0 bridgehead atoms.